The molecule has 0 aromatic rings. The van der Waals surface area contributed by atoms with E-state index in [0.717, 1.165) is 12.8 Å². The third kappa shape index (κ3) is 3.45. The summed E-state index contributed by atoms with van der Waals surface area (Å²) in [4.78, 5) is 12.2. The Labute approximate surface area is 96.8 Å². The van der Waals surface area contributed by atoms with E-state index in [-0.39, 0.29) is 17.9 Å². The summed E-state index contributed by atoms with van der Waals surface area (Å²) < 4.78 is 0. The highest BCUT2D eigenvalue weighted by molar-refractivity contribution is 7.80. The van der Waals surface area contributed by atoms with Crippen molar-refractivity contribution in [3.63, 3.8) is 0 Å². The van der Waals surface area contributed by atoms with Crippen molar-refractivity contribution in [2.45, 2.75) is 39.7 Å². The number of carbonyl (C=O) groups excluding carboxylic acids is 1. The molecule has 4 heteroatoms. The molecule has 1 amide bonds. The molecule has 0 aromatic carbocycles. The van der Waals surface area contributed by atoms with Crippen LogP contribution in [0.4, 0.5) is 0 Å². The van der Waals surface area contributed by atoms with Gasteiger partial charge in [0.05, 0.1) is 11.0 Å². The van der Waals surface area contributed by atoms with Crippen molar-refractivity contribution < 1.29 is 4.79 Å². The second-order valence-electron chi connectivity index (χ2n) is 4.76. The van der Waals surface area contributed by atoms with Crippen LogP contribution in [0.25, 0.3) is 0 Å². The first kappa shape index (κ1) is 12.4. The molecular formula is C11H20N2OS. The number of nitrogens with two attached hydrogens (primary N) is 1. The second-order valence-corrected chi connectivity index (χ2v) is 5.23. The average Bonchev–Trinajstić information content (AvgIpc) is 2.95. The van der Waals surface area contributed by atoms with Crippen LogP contribution in [0.1, 0.15) is 33.6 Å². The Morgan fingerprint density at radius 2 is 1.93 bits per heavy atom. The van der Waals surface area contributed by atoms with Crippen molar-refractivity contribution in [1.82, 2.24) is 5.32 Å². The van der Waals surface area contributed by atoms with Gasteiger partial charge < -0.3 is 11.1 Å². The van der Waals surface area contributed by atoms with Crippen molar-refractivity contribution in [2.75, 3.05) is 0 Å². The fraction of sp³-hybridized carbons (Fsp3) is 0.818. The Balaban J connectivity index is 2.50. The first-order valence-corrected chi connectivity index (χ1v) is 5.94. The highest BCUT2D eigenvalue weighted by atomic mass is 32.1. The van der Waals surface area contributed by atoms with Crippen LogP contribution in [0.3, 0.4) is 0 Å². The maximum absolute atomic E-state index is 11.8. The van der Waals surface area contributed by atoms with Gasteiger partial charge in [0.25, 0.3) is 0 Å². The molecule has 1 saturated carbocycles. The third-order valence-corrected chi connectivity index (χ3v) is 3.37. The molecule has 15 heavy (non-hydrogen) atoms. The van der Waals surface area contributed by atoms with Crippen LogP contribution in [-0.2, 0) is 4.79 Å². The fourth-order valence-electron chi connectivity index (χ4n) is 1.44. The molecule has 1 fully saturated rings. The van der Waals surface area contributed by atoms with Crippen molar-refractivity contribution in [1.29, 1.82) is 0 Å². The molecule has 1 aliphatic rings. The molecule has 2 unspecified atom stereocenters. The Kier molecular flexibility index (Phi) is 4.08. The fourth-order valence-corrected chi connectivity index (χ4v) is 1.69. The van der Waals surface area contributed by atoms with Gasteiger partial charge >= 0.3 is 0 Å². The molecule has 3 N–H and O–H groups in total. The molecule has 1 rings (SSSR count). The van der Waals surface area contributed by atoms with Gasteiger partial charge in [0, 0.05) is 5.92 Å². The summed E-state index contributed by atoms with van der Waals surface area (Å²) in [7, 11) is 0. The average molecular weight is 228 g/mol. The summed E-state index contributed by atoms with van der Waals surface area (Å²) in [5.41, 5.74) is 5.62. The zero-order valence-corrected chi connectivity index (χ0v) is 10.4. The Morgan fingerprint density at radius 3 is 2.27 bits per heavy atom. The zero-order chi connectivity index (χ0) is 11.6. The SMILES string of the molecule is CC(C)C(C)C(=O)NC(C(N)=S)C1CC1. The van der Waals surface area contributed by atoms with E-state index in [1.807, 2.05) is 20.8 Å². The molecule has 0 spiro atoms. The van der Waals surface area contributed by atoms with Crippen molar-refractivity contribution >= 4 is 23.1 Å². The van der Waals surface area contributed by atoms with Crippen LogP contribution in [0.2, 0.25) is 0 Å². The number of nitrogens with one attached hydrogen (secondary N) is 1. The van der Waals surface area contributed by atoms with E-state index in [1.165, 1.54) is 0 Å². The predicted molar refractivity (Wildman–Crippen MR) is 65.4 cm³/mol. The lowest BCUT2D eigenvalue weighted by atomic mass is 9.96. The first-order chi connectivity index (χ1) is 6.93. The molecule has 1 aliphatic carbocycles. The summed E-state index contributed by atoms with van der Waals surface area (Å²) in [5, 5.41) is 2.95. The summed E-state index contributed by atoms with van der Waals surface area (Å²) in [6.07, 6.45) is 2.25. The van der Waals surface area contributed by atoms with E-state index in [4.69, 9.17) is 18.0 Å². The Morgan fingerprint density at radius 1 is 1.40 bits per heavy atom. The van der Waals surface area contributed by atoms with E-state index >= 15 is 0 Å². The monoisotopic (exact) mass is 228 g/mol. The molecule has 86 valence electrons. The van der Waals surface area contributed by atoms with Gasteiger partial charge in [0.2, 0.25) is 5.91 Å². The van der Waals surface area contributed by atoms with Gasteiger partial charge in [-0.3, -0.25) is 4.79 Å². The van der Waals surface area contributed by atoms with Gasteiger partial charge in [-0.2, -0.15) is 0 Å². The molecule has 0 aliphatic heterocycles. The lowest BCUT2D eigenvalue weighted by molar-refractivity contribution is -0.126. The number of amides is 1. The molecule has 0 aromatic heterocycles. The van der Waals surface area contributed by atoms with Crippen LogP contribution in [0.5, 0.6) is 0 Å². The van der Waals surface area contributed by atoms with E-state index in [2.05, 4.69) is 5.32 Å². The molecule has 0 saturated heterocycles. The highest BCUT2D eigenvalue weighted by Crippen LogP contribution is 2.33. The topological polar surface area (TPSA) is 55.1 Å². The molecule has 0 heterocycles. The summed E-state index contributed by atoms with van der Waals surface area (Å²) in [5.74, 6) is 0.900. The minimum Gasteiger partial charge on any atom is -0.392 e. The number of rotatable bonds is 5. The molecule has 3 nitrogen and oxygen atoms in total. The maximum atomic E-state index is 11.8. The first-order valence-electron chi connectivity index (χ1n) is 5.53. The zero-order valence-electron chi connectivity index (χ0n) is 9.62. The van der Waals surface area contributed by atoms with Gasteiger partial charge in [-0.25, -0.2) is 0 Å². The van der Waals surface area contributed by atoms with Crippen LogP contribution in [0, 0.1) is 17.8 Å². The number of hydrogen-bond donors (Lipinski definition) is 2. The quantitative estimate of drug-likeness (QED) is 0.700. The van der Waals surface area contributed by atoms with Crippen molar-refractivity contribution in [2.24, 2.45) is 23.5 Å². The minimum absolute atomic E-state index is 0.0144. The summed E-state index contributed by atoms with van der Waals surface area (Å²) in [6.45, 7) is 6.01. The van der Waals surface area contributed by atoms with Crippen molar-refractivity contribution in [3.8, 4) is 0 Å². The maximum Gasteiger partial charge on any atom is 0.223 e. The predicted octanol–water partition coefficient (Wildman–Crippen LogP) is 1.46. The van der Waals surface area contributed by atoms with Crippen LogP contribution in [-0.4, -0.2) is 16.9 Å². The molecule has 2 atom stereocenters. The van der Waals surface area contributed by atoms with E-state index in [0.29, 0.717) is 16.8 Å². The van der Waals surface area contributed by atoms with Crippen molar-refractivity contribution in [3.05, 3.63) is 0 Å². The Hall–Kier alpha value is -0.640. The van der Waals surface area contributed by atoms with Gasteiger partial charge in [0.15, 0.2) is 0 Å². The lowest BCUT2D eigenvalue weighted by Gasteiger charge is -2.21. The normalized spacial score (nSPS) is 19.7. The van der Waals surface area contributed by atoms with E-state index in [1.54, 1.807) is 0 Å². The summed E-state index contributed by atoms with van der Waals surface area (Å²) in [6, 6.07) is -0.0892. The minimum atomic E-state index is -0.0892. The lowest BCUT2D eigenvalue weighted by Crippen LogP contribution is -2.47. The van der Waals surface area contributed by atoms with Gasteiger partial charge in [-0.1, -0.05) is 33.0 Å². The summed E-state index contributed by atoms with van der Waals surface area (Å²) >= 11 is 4.97. The van der Waals surface area contributed by atoms with Gasteiger partial charge in [-0.15, -0.1) is 0 Å². The highest BCUT2D eigenvalue weighted by Gasteiger charge is 2.35. The van der Waals surface area contributed by atoms with Crippen LogP contribution < -0.4 is 11.1 Å². The smallest absolute Gasteiger partial charge is 0.223 e. The number of hydrogen-bond acceptors (Lipinski definition) is 2. The van der Waals surface area contributed by atoms with E-state index in [9.17, 15) is 4.79 Å². The van der Waals surface area contributed by atoms with Crippen LogP contribution >= 0.6 is 12.2 Å². The van der Waals surface area contributed by atoms with Gasteiger partial charge in [-0.05, 0) is 24.7 Å². The molecule has 0 radical (unpaired) electrons. The third-order valence-electron chi connectivity index (χ3n) is 3.11. The van der Waals surface area contributed by atoms with Gasteiger partial charge in [0.1, 0.15) is 0 Å². The second kappa shape index (κ2) is 4.92. The largest absolute Gasteiger partial charge is 0.392 e. The number of thiocarbonyl (C=S) groups is 1. The molecular weight excluding hydrogens is 208 g/mol. The molecule has 0 bridgehead atoms. The Bertz CT molecular complexity index is 261. The van der Waals surface area contributed by atoms with E-state index < -0.39 is 0 Å². The number of carbonyl (C=O) groups is 1. The standard InChI is InChI=1S/C11H20N2OS/c1-6(2)7(3)11(14)13-9(10(12)15)8-4-5-8/h6-9H,4-5H2,1-3H3,(H2,12,15)(H,13,14). The van der Waals surface area contributed by atoms with Crippen LogP contribution in [0.15, 0.2) is 0 Å².